The molecule has 1 aromatic heterocycles. The third-order valence-corrected chi connectivity index (χ3v) is 6.28. The van der Waals surface area contributed by atoms with E-state index < -0.39 is 11.9 Å². The Bertz CT molecular complexity index is 1130. The van der Waals surface area contributed by atoms with Gasteiger partial charge >= 0.3 is 0 Å². The standard InChI is InChI=1S/C29H36FN3O4/c1-3-16-35-21-23(34)18-32(19-24-13-10-17-36-24)20-25-27(4-2)31-33(22-11-6-5-7-12-22)29(25)37-28-15-9-8-14-26(28)30/h3,5-9,11-12,14-15,23-24,34H,1,4,10,13,16-21H2,2H3/t23-,24+/m0/s1. The maximum absolute atomic E-state index is 14.6. The van der Waals surface area contributed by atoms with E-state index in [1.165, 1.54) is 6.07 Å². The molecule has 4 rings (SSSR count). The van der Waals surface area contributed by atoms with Crippen molar-refractivity contribution in [3.63, 3.8) is 0 Å². The molecule has 0 amide bonds. The summed E-state index contributed by atoms with van der Waals surface area (Å²) in [5.74, 6) is 0.146. The number of aliphatic hydroxyl groups is 1. The number of aliphatic hydroxyl groups excluding tert-OH is 1. The number of nitrogens with zero attached hydrogens (tertiary/aromatic N) is 3. The second-order valence-electron chi connectivity index (χ2n) is 9.17. The zero-order valence-corrected chi connectivity index (χ0v) is 21.4. The van der Waals surface area contributed by atoms with Crippen molar-refractivity contribution < 1.29 is 23.7 Å². The Kier molecular flexibility index (Phi) is 9.85. The van der Waals surface area contributed by atoms with Gasteiger partial charge in [-0.25, -0.2) is 9.07 Å². The summed E-state index contributed by atoms with van der Waals surface area (Å²) >= 11 is 0. The third-order valence-electron chi connectivity index (χ3n) is 6.28. The zero-order valence-electron chi connectivity index (χ0n) is 21.4. The van der Waals surface area contributed by atoms with Crippen LogP contribution in [0.25, 0.3) is 5.69 Å². The van der Waals surface area contributed by atoms with Crippen LogP contribution in [0.15, 0.2) is 67.3 Å². The fraction of sp³-hybridized carbons (Fsp3) is 0.414. The molecule has 0 aliphatic carbocycles. The van der Waals surface area contributed by atoms with Gasteiger partial charge in [0.1, 0.15) is 0 Å². The van der Waals surface area contributed by atoms with Gasteiger partial charge in [-0.15, -0.1) is 6.58 Å². The van der Waals surface area contributed by atoms with E-state index in [9.17, 15) is 9.50 Å². The quantitative estimate of drug-likeness (QED) is 0.246. The maximum Gasteiger partial charge on any atom is 0.227 e. The van der Waals surface area contributed by atoms with E-state index in [4.69, 9.17) is 19.3 Å². The van der Waals surface area contributed by atoms with Crippen molar-refractivity contribution >= 4 is 0 Å². The van der Waals surface area contributed by atoms with Gasteiger partial charge in [0.25, 0.3) is 0 Å². The zero-order chi connectivity index (χ0) is 26.0. The fourth-order valence-electron chi connectivity index (χ4n) is 4.54. The van der Waals surface area contributed by atoms with Crippen molar-refractivity contribution in [1.29, 1.82) is 0 Å². The monoisotopic (exact) mass is 509 g/mol. The summed E-state index contributed by atoms with van der Waals surface area (Å²) < 4.78 is 34.0. The van der Waals surface area contributed by atoms with Crippen LogP contribution >= 0.6 is 0 Å². The minimum atomic E-state index is -0.688. The Morgan fingerprint density at radius 3 is 2.73 bits per heavy atom. The topological polar surface area (TPSA) is 69.0 Å². The molecule has 0 radical (unpaired) electrons. The number of hydrogen-bond acceptors (Lipinski definition) is 6. The van der Waals surface area contributed by atoms with Crippen molar-refractivity contribution in [3.8, 4) is 17.3 Å². The first-order valence-electron chi connectivity index (χ1n) is 12.9. The predicted molar refractivity (Wildman–Crippen MR) is 141 cm³/mol. The van der Waals surface area contributed by atoms with Gasteiger partial charge in [0.15, 0.2) is 11.6 Å². The number of aryl methyl sites for hydroxylation is 1. The number of benzene rings is 2. The molecule has 37 heavy (non-hydrogen) atoms. The maximum atomic E-state index is 14.6. The Morgan fingerprint density at radius 2 is 2.03 bits per heavy atom. The SMILES string of the molecule is C=CCOC[C@@H](O)CN(Cc1c(CC)nn(-c2ccccc2)c1Oc1ccccc1F)C[C@H]1CCCO1. The first kappa shape index (κ1) is 27.0. The molecule has 1 N–H and O–H groups in total. The molecule has 8 heteroatoms. The summed E-state index contributed by atoms with van der Waals surface area (Å²) in [7, 11) is 0. The van der Waals surface area contributed by atoms with Gasteiger partial charge in [-0.2, -0.15) is 5.10 Å². The molecule has 7 nitrogen and oxygen atoms in total. The highest BCUT2D eigenvalue weighted by atomic mass is 19.1. The number of aromatic nitrogens is 2. The van der Waals surface area contributed by atoms with Crippen LogP contribution in [-0.2, 0) is 22.4 Å². The van der Waals surface area contributed by atoms with Crippen LogP contribution in [0.3, 0.4) is 0 Å². The molecule has 2 atom stereocenters. The minimum absolute atomic E-state index is 0.0893. The number of ether oxygens (including phenoxy) is 3. The van der Waals surface area contributed by atoms with Gasteiger partial charge in [-0.1, -0.05) is 43.3 Å². The molecule has 0 bridgehead atoms. The molecular formula is C29H36FN3O4. The van der Waals surface area contributed by atoms with E-state index in [1.807, 2.05) is 37.3 Å². The average molecular weight is 510 g/mol. The van der Waals surface area contributed by atoms with Gasteiger partial charge in [0, 0.05) is 26.2 Å². The molecule has 3 aromatic rings. The number of hydrogen-bond donors (Lipinski definition) is 1. The van der Waals surface area contributed by atoms with Crippen LogP contribution < -0.4 is 4.74 Å². The molecule has 0 spiro atoms. The first-order valence-corrected chi connectivity index (χ1v) is 12.9. The van der Waals surface area contributed by atoms with E-state index in [-0.39, 0.29) is 18.5 Å². The molecule has 1 aliphatic heterocycles. The lowest BCUT2D eigenvalue weighted by molar-refractivity contribution is 0.00835. The molecular weight excluding hydrogens is 473 g/mol. The van der Waals surface area contributed by atoms with Gasteiger partial charge < -0.3 is 19.3 Å². The van der Waals surface area contributed by atoms with Crippen molar-refractivity contribution in [1.82, 2.24) is 14.7 Å². The highest BCUT2D eigenvalue weighted by Crippen LogP contribution is 2.33. The van der Waals surface area contributed by atoms with E-state index >= 15 is 0 Å². The van der Waals surface area contributed by atoms with Gasteiger partial charge in [0.05, 0.1) is 42.4 Å². The normalized spacial score (nSPS) is 16.3. The predicted octanol–water partition coefficient (Wildman–Crippen LogP) is 4.91. The molecule has 2 aromatic carbocycles. The molecule has 198 valence electrons. The van der Waals surface area contributed by atoms with Crippen molar-refractivity contribution in [2.75, 3.05) is 32.9 Å². The lowest BCUT2D eigenvalue weighted by atomic mass is 10.1. The van der Waals surface area contributed by atoms with Crippen LogP contribution in [-0.4, -0.2) is 64.9 Å². The molecule has 2 heterocycles. The second kappa shape index (κ2) is 13.5. The molecule has 1 saturated heterocycles. The second-order valence-corrected chi connectivity index (χ2v) is 9.17. The Balaban J connectivity index is 1.68. The number of para-hydroxylation sites is 2. The Hall–Kier alpha value is -3.04. The largest absolute Gasteiger partial charge is 0.435 e. The molecule has 1 aliphatic rings. The van der Waals surface area contributed by atoms with Crippen molar-refractivity contribution in [2.24, 2.45) is 0 Å². The summed E-state index contributed by atoms with van der Waals surface area (Å²) in [6.45, 7) is 8.52. The van der Waals surface area contributed by atoms with E-state index in [1.54, 1.807) is 29.0 Å². The highest BCUT2D eigenvalue weighted by molar-refractivity contribution is 5.44. The molecule has 0 saturated carbocycles. The number of halogens is 1. The summed E-state index contributed by atoms with van der Waals surface area (Å²) in [6.07, 6.45) is 3.73. The lowest BCUT2D eigenvalue weighted by Gasteiger charge is -2.27. The van der Waals surface area contributed by atoms with Gasteiger partial charge in [-0.05, 0) is 43.5 Å². The third kappa shape index (κ3) is 7.26. The number of rotatable bonds is 14. The Labute approximate surface area is 218 Å². The molecule has 1 fully saturated rings. The van der Waals surface area contributed by atoms with E-state index in [0.29, 0.717) is 38.5 Å². The van der Waals surface area contributed by atoms with Crippen molar-refractivity contribution in [3.05, 3.63) is 84.3 Å². The van der Waals surface area contributed by atoms with E-state index in [2.05, 4.69) is 11.5 Å². The van der Waals surface area contributed by atoms with Crippen LogP contribution in [0.4, 0.5) is 4.39 Å². The van der Waals surface area contributed by atoms with Gasteiger partial charge in [0.2, 0.25) is 5.88 Å². The average Bonchev–Trinajstić information content (AvgIpc) is 3.54. The first-order chi connectivity index (χ1) is 18.1. The van der Waals surface area contributed by atoms with Gasteiger partial charge in [-0.3, -0.25) is 4.90 Å². The van der Waals surface area contributed by atoms with Crippen LogP contribution in [0, 0.1) is 5.82 Å². The lowest BCUT2D eigenvalue weighted by Crippen LogP contribution is -2.39. The smallest absolute Gasteiger partial charge is 0.227 e. The van der Waals surface area contributed by atoms with Crippen LogP contribution in [0.5, 0.6) is 11.6 Å². The Morgan fingerprint density at radius 1 is 1.24 bits per heavy atom. The van der Waals surface area contributed by atoms with Crippen LogP contribution in [0.2, 0.25) is 0 Å². The summed E-state index contributed by atoms with van der Waals surface area (Å²) in [6, 6.07) is 16.0. The summed E-state index contributed by atoms with van der Waals surface area (Å²) in [4.78, 5) is 2.15. The van der Waals surface area contributed by atoms with Crippen LogP contribution in [0.1, 0.15) is 31.0 Å². The van der Waals surface area contributed by atoms with E-state index in [0.717, 1.165) is 36.4 Å². The molecule has 0 unspecified atom stereocenters. The highest BCUT2D eigenvalue weighted by Gasteiger charge is 2.27. The summed E-state index contributed by atoms with van der Waals surface area (Å²) in [5.41, 5.74) is 2.52. The minimum Gasteiger partial charge on any atom is -0.435 e. The summed E-state index contributed by atoms with van der Waals surface area (Å²) in [5, 5.41) is 15.6. The van der Waals surface area contributed by atoms with Crippen molar-refractivity contribution in [2.45, 2.75) is 44.9 Å². The fourth-order valence-corrected chi connectivity index (χ4v) is 4.54.